The summed E-state index contributed by atoms with van der Waals surface area (Å²) in [6, 6.07) is 0. The molecule has 0 N–H and O–H groups in total. The minimum atomic E-state index is 0.596. The van der Waals surface area contributed by atoms with Crippen LogP contribution in [0.1, 0.15) is 26.5 Å². The first-order chi connectivity index (χ1) is 9.36. The number of ether oxygens (including phenoxy) is 3. The van der Waals surface area contributed by atoms with E-state index in [2.05, 4.69) is 17.2 Å². The van der Waals surface area contributed by atoms with Crippen molar-refractivity contribution in [3.05, 3.63) is 11.9 Å². The molecular weight excluding hydrogens is 246 g/mol. The molecule has 0 fully saturated rings. The molecular formula is C13H27N3O3. The summed E-state index contributed by atoms with van der Waals surface area (Å²) >= 11 is 0. The molecule has 0 amide bonds. The number of nitrogens with zero attached hydrogens (tertiary/aromatic N) is 3. The van der Waals surface area contributed by atoms with E-state index in [1.165, 1.54) is 0 Å². The molecule has 0 saturated heterocycles. The molecule has 0 aliphatic rings. The van der Waals surface area contributed by atoms with E-state index < -0.39 is 0 Å². The van der Waals surface area contributed by atoms with Crippen LogP contribution >= 0.6 is 0 Å². The second-order valence-electron chi connectivity index (χ2n) is 3.54. The Bertz CT molecular complexity index is 292. The van der Waals surface area contributed by atoms with Gasteiger partial charge in [-0.25, -0.2) is 4.68 Å². The molecule has 0 bridgehead atoms. The largest absolute Gasteiger partial charge is 0.382 e. The normalized spacial score (nSPS) is 10.1. The molecule has 112 valence electrons. The number of hydrogen-bond acceptors (Lipinski definition) is 5. The van der Waals surface area contributed by atoms with Crippen LogP contribution in [0.4, 0.5) is 0 Å². The lowest BCUT2D eigenvalue weighted by molar-refractivity contribution is 0.0224. The van der Waals surface area contributed by atoms with E-state index in [0.717, 1.165) is 18.7 Å². The molecule has 19 heavy (non-hydrogen) atoms. The summed E-state index contributed by atoms with van der Waals surface area (Å²) in [5, 5.41) is 7.99. The summed E-state index contributed by atoms with van der Waals surface area (Å²) < 4.78 is 17.3. The maximum atomic E-state index is 5.41. The van der Waals surface area contributed by atoms with Crippen molar-refractivity contribution in [3.8, 4) is 0 Å². The van der Waals surface area contributed by atoms with E-state index in [0.29, 0.717) is 33.0 Å². The molecule has 0 radical (unpaired) electrons. The van der Waals surface area contributed by atoms with Gasteiger partial charge >= 0.3 is 0 Å². The van der Waals surface area contributed by atoms with Gasteiger partial charge in [-0.15, -0.1) is 5.10 Å². The average molecular weight is 273 g/mol. The van der Waals surface area contributed by atoms with Gasteiger partial charge in [-0.2, -0.15) is 0 Å². The van der Waals surface area contributed by atoms with Crippen LogP contribution in [-0.2, 0) is 27.2 Å². The summed E-state index contributed by atoms with van der Waals surface area (Å²) in [5.74, 6) is 0. The van der Waals surface area contributed by atoms with Crippen molar-refractivity contribution in [2.24, 2.45) is 0 Å². The fourth-order valence-electron chi connectivity index (χ4n) is 1.23. The summed E-state index contributed by atoms with van der Waals surface area (Å²) in [6.45, 7) is 9.84. The van der Waals surface area contributed by atoms with Crippen LogP contribution in [0.15, 0.2) is 6.20 Å². The Balaban J connectivity index is 0.00000154. The van der Waals surface area contributed by atoms with Crippen LogP contribution in [0.25, 0.3) is 0 Å². The van der Waals surface area contributed by atoms with Gasteiger partial charge in [0.05, 0.1) is 45.3 Å². The molecule has 0 aromatic carbocycles. The third-order valence-electron chi connectivity index (χ3n) is 2.22. The fourth-order valence-corrected chi connectivity index (χ4v) is 1.23. The molecule has 0 aliphatic carbocycles. The van der Waals surface area contributed by atoms with Gasteiger partial charge in [-0.3, -0.25) is 0 Å². The lowest BCUT2D eigenvalue weighted by atomic mass is 10.4. The minimum Gasteiger partial charge on any atom is -0.382 e. The fraction of sp³-hybridized carbons (Fsp3) is 0.846. The first-order valence-corrected chi connectivity index (χ1v) is 6.90. The molecule has 0 atom stereocenters. The first-order valence-electron chi connectivity index (χ1n) is 6.90. The van der Waals surface area contributed by atoms with Gasteiger partial charge in [0, 0.05) is 13.3 Å². The van der Waals surface area contributed by atoms with Gasteiger partial charge in [-0.1, -0.05) is 26.0 Å². The lowest BCUT2D eigenvalue weighted by Crippen LogP contribution is -2.12. The summed E-state index contributed by atoms with van der Waals surface area (Å²) in [7, 11) is 1.66. The Hall–Kier alpha value is -0.980. The zero-order valence-electron chi connectivity index (χ0n) is 12.6. The smallest absolute Gasteiger partial charge is 0.0824 e. The van der Waals surface area contributed by atoms with Crippen molar-refractivity contribution >= 4 is 0 Å². The molecule has 1 rings (SSSR count). The van der Waals surface area contributed by atoms with Gasteiger partial charge in [0.2, 0.25) is 0 Å². The Morgan fingerprint density at radius 3 is 2.26 bits per heavy atom. The number of methoxy groups -OCH3 is 1. The first kappa shape index (κ1) is 18.0. The van der Waals surface area contributed by atoms with Gasteiger partial charge in [-0.05, 0) is 6.42 Å². The second kappa shape index (κ2) is 13.5. The Morgan fingerprint density at radius 1 is 1.05 bits per heavy atom. The summed E-state index contributed by atoms with van der Waals surface area (Å²) in [4.78, 5) is 0. The zero-order chi connectivity index (χ0) is 14.3. The third kappa shape index (κ3) is 9.58. The highest BCUT2D eigenvalue weighted by molar-refractivity contribution is 4.90. The van der Waals surface area contributed by atoms with Crippen LogP contribution in [0.3, 0.4) is 0 Å². The molecule has 6 heteroatoms. The van der Waals surface area contributed by atoms with E-state index in [9.17, 15) is 0 Å². The molecule has 6 nitrogen and oxygen atoms in total. The van der Waals surface area contributed by atoms with Gasteiger partial charge in [0.1, 0.15) is 0 Å². The van der Waals surface area contributed by atoms with Crippen molar-refractivity contribution in [2.45, 2.75) is 33.7 Å². The maximum absolute atomic E-state index is 5.41. The van der Waals surface area contributed by atoms with Crippen molar-refractivity contribution in [1.82, 2.24) is 15.0 Å². The van der Waals surface area contributed by atoms with E-state index in [1.54, 1.807) is 11.8 Å². The number of aromatic nitrogens is 3. The van der Waals surface area contributed by atoms with Crippen molar-refractivity contribution in [1.29, 1.82) is 0 Å². The van der Waals surface area contributed by atoms with Crippen LogP contribution in [0.5, 0.6) is 0 Å². The third-order valence-corrected chi connectivity index (χ3v) is 2.22. The number of rotatable bonds is 10. The van der Waals surface area contributed by atoms with Gasteiger partial charge in [0.25, 0.3) is 0 Å². The molecule has 0 saturated carbocycles. The van der Waals surface area contributed by atoms with E-state index in [-0.39, 0.29) is 0 Å². The maximum Gasteiger partial charge on any atom is 0.0824 e. The number of hydrogen-bond donors (Lipinski definition) is 0. The predicted molar refractivity (Wildman–Crippen MR) is 74.3 cm³/mol. The zero-order valence-corrected chi connectivity index (χ0v) is 12.6. The van der Waals surface area contributed by atoms with Gasteiger partial charge < -0.3 is 14.2 Å². The highest BCUT2D eigenvalue weighted by Gasteiger charge is 1.97. The standard InChI is InChI=1S/C11H21N3O3.C2H6/c1-3-11-10-14(13-12-11)4-5-16-8-9-17-7-6-15-2;1-2/h10H,3-9H2,1-2H3;1-2H3. The molecule has 1 heterocycles. The van der Waals surface area contributed by atoms with E-state index >= 15 is 0 Å². The molecule has 0 aliphatic heterocycles. The highest BCUT2D eigenvalue weighted by atomic mass is 16.5. The van der Waals surface area contributed by atoms with Crippen LogP contribution < -0.4 is 0 Å². The van der Waals surface area contributed by atoms with Crippen LogP contribution in [0, 0.1) is 0 Å². The average Bonchev–Trinajstić information content (AvgIpc) is 2.92. The number of aryl methyl sites for hydroxylation is 1. The summed E-state index contributed by atoms with van der Waals surface area (Å²) in [5.41, 5.74) is 1.01. The Kier molecular flexibility index (Phi) is 12.8. The van der Waals surface area contributed by atoms with Crippen molar-refractivity contribution in [3.63, 3.8) is 0 Å². The molecule has 0 unspecified atom stereocenters. The molecule has 0 spiro atoms. The Morgan fingerprint density at radius 2 is 1.68 bits per heavy atom. The second-order valence-corrected chi connectivity index (χ2v) is 3.54. The summed E-state index contributed by atoms with van der Waals surface area (Å²) in [6.07, 6.45) is 2.85. The van der Waals surface area contributed by atoms with E-state index in [1.807, 2.05) is 20.0 Å². The Labute approximate surface area is 116 Å². The lowest BCUT2D eigenvalue weighted by Gasteiger charge is -2.05. The predicted octanol–water partition coefficient (Wildman–Crippen LogP) is 1.55. The minimum absolute atomic E-state index is 0.596. The van der Waals surface area contributed by atoms with Crippen molar-refractivity contribution in [2.75, 3.05) is 40.1 Å². The molecule has 1 aromatic heterocycles. The van der Waals surface area contributed by atoms with Crippen LogP contribution in [-0.4, -0.2) is 55.1 Å². The van der Waals surface area contributed by atoms with Crippen molar-refractivity contribution < 1.29 is 14.2 Å². The highest BCUT2D eigenvalue weighted by Crippen LogP contribution is 1.93. The van der Waals surface area contributed by atoms with E-state index in [4.69, 9.17) is 14.2 Å². The SMILES string of the molecule is CC.CCc1cn(CCOCCOCCOC)nn1. The molecule has 1 aromatic rings. The van der Waals surface area contributed by atoms with Gasteiger partial charge in [0.15, 0.2) is 0 Å². The van der Waals surface area contributed by atoms with Crippen LogP contribution in [0.2, 0.25) is 0 Å². The topological polar surface area (TPSA) is 58.4 Å². The monoisotopic (exact) mass is 273 g/mol. The quantitative estimate of drug-likeness (QED) is 0.605.